The predicted octanol–water partition coefficient (Wildman–Crippen LogP) is 16.9. The minimum atomic E-state index is 0.685. The van der Waals surface area contributed by atoms with Gasteiger partial charge in [0.1, 0.15) is 0 Å². The zero-order valence-corrected chi connectivity index (χ0v) is 38.4. The van der Waals surface area contributed by atoms with E-state index in [0.717, 1.165) is 69.6 Å². The van der Waals surface area contributed by atoms with Crippen LogP contribution in [0.4, 0.5) is 0 Å². The minimum absolute atomic E-state index is 0.685. The van der Waals surface area contributed by atoms with Crippen molar-refractivity contribution in [2.24, 2.45) is 0 Å². The molecule has 0 aliphatic rings. The van der Waals surface area contributed by atoms with Crippen LogP contribution in [0.2, 0.25) is 0 Å². The van der Waals surface area contributed by atoms with E-state index in [4.69, 9.17) is 44.2 Å². The average molecular weight is 813 g/mol. The maximum atomic E-state index is 6.43. The highest BCUT2D eigenvalue weighted by Gasteiger charge is 2.14. The van der Waals surface area contributed by atoms with Gasteiger partial charge in [0.2, 0.25) is 0 Å². The second kappa shape index (κ2) is 35.1. The van der Waals surface area contributed by atoms with Gasteiger partial charge in [0, 0.05) is 9.81 Å². The Bertz CT molecular complexity index is 1170. The molecule has 2 rings (SSSR count). The molecule has 6 heteroatoms. The van der Waals surface area contributed by atoms with Crippen molar-refractivity contribution in [2.45, 2.75) is 207 Å². The lowest BCUT2D eigenvalue weighted by Crippen LogP contribution is -2.04. The molecule has 0 aliphatic carbocycles. The van der Waals surface area contributed by atoms with Gasteiger partial charge in [-0.3, -0.25) is 0 Å². The molecule has 0 saturated carbocycles. The van der Waals surface area contributed by atoms with E-state index < -0.39 is 0 Å². The fourth-order valence-corrected chi connectivity index (χ4v) is 7.55. The second-order valence-corrected chi connectivity index (χ2v) is 16.8. The molecule has 0 aliphatic heterocycles. The molecule has 0 atom stereocenters. The fraction of sp³-hybridized carbons (Fsp3) is 0.720. The Hall–Kier alpha value is -1.92. The van der Waals surface area contributed by atoms with Gasteiger partial charge in [0.25, 0.3) is 0 Å². The van der Waals surface area contributed by atoms with Gasteiger partial charge in [-0.25, -0.2) is 0 Å². The molecule has 320 valence electrons. The summed E-state index contributed by atoms with van der Waals surface area (Å²) in [5.41, 5.74) is 1.92. The monoisotopic (exact) mass is 813 g/mol. The Labute approximate surface area is 356 Å². The molecule has 0 unspecified atom stereocenters. The molecule has 2 aromatic rings. The Kier molecular flexibility index (Phi) is 31.4. The summed E-state index contributed by atoms with van der Waals surface area (Å²) < 4.78 is 25.5. The Balaban J connectivity index is 2.16. The third-order valence-electron chi connectivity index (χ3n) is 10.7. The summed E-state index contributed by atoms with van der Waals surface area (Å²) in [6.45, 7) is 11.9. The van der Waals surface area contributed by atoms with Gasteiger partial charge < -0.3 is 18.9 Å². The standard InChI is InChI=1S/C50H84O4S2/c1-5-9-13-17-21-25-29-37-51-45-35-33-43(41-47(45)53-39-31-27-23-19-15-11-7-3)49(55)50(56)44-34-36-46(52-38-30-26-22-18-14-10-6-2)48(42-44)54-40-32-28-24-20-16-12-8-4/h33-36,41-42,55-56H,5-32,37-40H2,1-4H3/b50-49+. The van der Waals surface area contributed by atoms with Crippen LogP contribution in [0.3, 0.4) is 0 Å². The SMILES string of the molecule is CCCCCCCCCOc1ccc(/C(S)=C(\S)c2ccc(OCCCCCCCCC)c(OCCCCCCCCC)c2)cc1OCCCCCCCCC. The van der Waals surface area contributed by atoms with Gasteiger partial charge in [-0.15, -0.1) is 25.3 Å². The van der Waals surface area contributed by atoms with Crippen LogP contribution in [0.25, 0.3) is 9.81 Å². The number of unbranched alkanes of at least 4 members (excludes halogenated alkanes) is 24. The number of hydrogen-bond donors (Lipinski definition) is 2. The van der Waals surface area contributed by atoms with E-state index >= 15 is 0 Å². The minimum Gasteiger partial charge on any atom is -0.490 e. The number of rotatable bonds is 38. The molecule has 0 heterocycles. The van der Waals surface area contributed by atoms with E-state index in [1.807, 2.05) is 12.1 Å². The summed E-state index contributed by atoms with van der Waals surface area (Å²) in [5.74, 6) is 3.20. The molecule has 4 nitrogen and oxygen atoms in total. The number of thiol groups is 2. The molecule has 56 heavy (non-hydrogen) atoms. The van der Waals surface area contributed by atoms with Crippen molar-refractivity contribution >= 4 is 35.1 Å². The third-order valence-corrected chi connectivity index (χ3v) is 11.8. The Morgan fingerprint density at radius 2 is 0.554 bits per heavy atom. The van der Waals surface area contributed by atoms with E-state index in [2.05, 4.69) is 52.0 Å². The largest absolute Gasteiger partial charge is 0.490 e. The molecule has 0 fully saturated rings. The second-order valence-electron chi connectivity index (χ2n) is 15.9. The highest BCUT2D eigenvalue weighted by Crippen LogP contribution is 2.39. The Morgan fingerprint density at radius 1 is 0.321 bits per heavy atom. The maximum Gasteiger partial charge on any atom is 0.161 e. The van der Waals surface area contributed by atoms with Crippen LogP contribution >= 0.6 is 25.3 Å². The van der Waals surface area contributed by atoms with Crippen molar-refractivity contribution < 1.29 is 18.9 Å². The molecular formula is C50H84O4S2. The molecule has 0 N–H and O–H groups in total. The topological polar surface area (TPSA) is 36.9 Å². The smallest absolute Gasteiger partial charge is 0.161 e. The number of ether oxygens (including phenoxy) is 4. The van der Waals surface area contributed by atoms with Crippen LogP contribution in [-0.2, 0) is 0 Å². The third kappa shape index (κ3) is 23.5. The van der Waals surface area contributed by atoms with Crippen LogP contribution in [0.15, 0.2) is 36.4 Å². The van der Waals surface area contributed by atoms with Crippen molar-refractivity contribution in [3.05, 3.63) is 47.5 Å². The van der Waals surface area contributed by atoms with E-state index in [9.17, 15) is 0 Å². The van der Waals surface area contributed by atoms with Crippen LogP contribution in [0.1, 0.15) is 219 Å². The molecule has 0 radical (unpaired) electrons. The van der Waals surface area contributed by atoms with Gasteiger partial charge in [-0.1, -0.05) is 182 Å². The van der Waals surface area contributed by atoms with Crippen molar-refractivity contribution in [3.8, 4) is 23.0 Å². The van der Waals surface area contributed by atoms with Crippen molar-refractivity contribution in [2.75, 3.05) is 26.4 Å². The molecule has 0 bridgehead atoms. The first-order chi connectivity index (χ1) is 27.5. The molecule has 2 aromatic carbocycles. The zero-order chi connectivity index (χ0) is 40.3. The van der Waals surface area contributed by atoms with Crippen LogP contribution in [-0.4, -0.2) is 26.4 Å². The van der Waals surface area contributed by atoms with Crippen LogP contribution in [0, 0.1) is 0 Å². The van der Waals surface area contributed by atoms with Crippen molar-refractivity contribution in [1.29, 1.82) is 0 Å². The maximum absolute atomic E-state index is 6.43. The molecule has 0 saturated heterocycles. The summed E-state index contributed by atoms with van der Waals surface area (Å²) in [5, 5.41) is 0. The summed E-state index contributed by atoms with van der Waals surface area (Å²) in [4.78, 5) is 1.59. The highest BCUT2D eigenvalue weighted by molar-refractivity contribution is 7.96. The molecule has 0 aromatic heterocycles. The van der Waals surface area contributed by atoms with Gasteiger partial charge in [0.15, 0.2) is 23.0 Å². The lowest BCUT2D eigenvalue weighted by atomic mass is 10.1. The average Bonchev–Trinajstić information content (AvgIpc) is 3.21. The lowest BCUT2D eigenvalue weighted by molar-refractivity contribution is 0.258. The predicted molar refractivity (Wildman–Crippen MR) is 252 cm³/mol. The first-order valence-corrected chi connectivity index (χ1v) is 24.4. The summed E-state index contributed by atoms with van der Waals surface area (Å²) in [7, 11) is 0. The molecule has 0 amide bonds. The molecule has 0 spiro atoms. The lowest BCUT2D eigenvalue weighted by Gasteiger charge is -2.17. The van der Waals surface area contributed by atoms with Gasteiger partial charge in [-0.2, -0.15) is 0 Å². The van der Waals surface area contributed by atoms with E-state index in [1.54, 1.807) is 0 Å². The quantitative estimate of drug-likeness (QED) is 0.0402. The first-order valence-electron chi connectivity index (χ1n) is 23.5. The number of hydrogen-bond acceptors (Lipinski definition) is 6. The summed E-state index contributed by atoms with van der Waals surface area (Å²) >= 11 is 10.1. The van der Waals surface area contributed by atoms with Crippen molar-refractivity contribution in [1.82, 2.24) is 0 Å². The fourth-order valence-electron chi connectivity index (χ4n) is 7.01. The van der Waals surface area contributed by atoms with Crippen LogP contribution in [0.5, 0.6) is 23.0 Å². The number of benzene rings is 2. The normalized spacial score (nSPS) is 11.8. The highest BCUT2D eigenvalue weighted by atomic mass is 32.1. The van der Waals surface area contributed by atoms with Crippen molar-refractivity contribution in [3.63, 3.8) is 0 Å². The van der Waals surface area contributed by atoms with Gasteiger partial charge in [0.05, 0.1) is 26.4 Å². The van der Waals surface area contributed by atoms with E-state index in [1.165, 1.54) is 154 Å². The van der Waals surface area contributed by atoms with Gasteiger partial charge in [-0.05, 0) is 73.2 Å². The van der Waals surface area contributed by atoms with Gasteiger partial charge >= 0.3 is 0 Å². The Morgan fingerprint density at radius 3 is 0.821 bits per heavy atom. The van der Waals surface area contributed by atoms with E-state index in [-0.39, 0.29) is 0 Å². The molecular weight excluding hydrogens is 729 g/mol. The van der Waals surface area contributed by atoms with Crippen LogP contribution < -0.4 is 18.9 Å². The summed E-state index contributed by atoms with van der Waals surface area (Å²) in [6, 6.07) is 12.4. The van der Waals surface area contributed by atoms with E-state index in [0.29, 0.717) is 26.4 Å². The first kappa shape index (κ1) is 50.2. The summed E-state index contributed by atoms with van der Waals surface area (Å²) in [6.07, 6.45) is 35.2. The zero-order valence-electron chi connectivity index (χ0n) is 36.6.